The van der Waals surface area contributed by atoms with Crippen LogP contribution in [0.3, 0.4) is 0 Å². The van der Waals surface area contributed by atoms with Gasteiger partial charge in [0.2, 0.25) is 5.91 Å². The van der Waals surface area contributed by atoms with E-state index in [4.69, 9.17) is 5.11 Å². The van der Waals surface area contributed by atoms with Crippen molar-refractivity contribution >= 4 is 17.8 Å². The Kier molecular flexibility index (Phi) is 5.50. The molecule has 0 bridgehead atoms. The molecule has 0 spiro atoms. The average Bonchev–Trinajstić information content (AvgIpc) is 2.38. The zero-order chi connectivity index (χ0) is 15.3. The summed E-state index contributed by atoms with van der Waals surface area (Å²) >= 11 is 0. The summed E-state index contributed by atoms with van der Waals surface area (Å²) in [7, 11) is 1.34. The first-order chi connectivity index (χ1) is 9.26. The Morgan fingerprint density at radius 3 is 2.15 bits per heavy atom. The molecule has 0 atom stereocenters. The van der Waals surface area contributed by atoms with E-state index in [0.717, 1.165) is 0 Å². The fourth-order valence-corrected chi connectivity index (χ4v) is 1.97. The minimum absolute atomic E-state index is 0.0145. The highest BCUT2D eigenvalue weighted by molar-refractivity contribution is 5.84. The fraction of sp³-hybridized carbons (Fsp3) is 0.769. The summed E-state index contributed by atoms with van der Waals surface area (Å²) in [6.07, 6.45) is -0.0145. The quantitative estimate of drug-likeness (QED) is 0.705. The van der Waals surface area contributed by atoms with Crippen LogP contribution in [-0.2, 0) is 19.1 Å². The van der Waals surface area contributed by atoms with E-state index in [1.54, 1.807) is 18.7 Å². The van der Waals surface area contributed by atoms with E-state index in [0.29, 0.717) is 26.2 Å². The number of hydrogen-bond acceptors (Lipinski definition) is 5. The first-order valence-corrected chi connectivity index (χ1v) is 6.56. The molecule has 7 nitrogen and oxygen atoms in total. The number of carbonyl (C=O) groups is 3. The lowest BCUT2D eigenvalue weighted by Crippen LogP contribution is -2.50. The van der Waals surface area contributed by atoms with Gasteiger partial charge in [-0.3, -0.25) is 19.3 Å². The van der Waals surface area contributed by atoms with Crippen molar-refractivity contribution < 1.29 is 24.2 Å². The average molecular weight is 286 g/mol. The molecule has 1 aliphatic rings. The second kappa shape index (κ2) is 6.69. The predicted octanol–water partition coefficient (Wildman–Crippen LogP) is -0.195. The van der Waals surface area contributed by atoms with Crippen molar-refractivity contribution in [1.29, 1.82) is 0 Å². The third-order valence-electron chi connectivity index (χ3n) is 3.48. The number of carboxylic acid groups (broad SMARTS) is 1. The van der Waals surface area contributed by atoms with Crippen LogP contribution in [0.1, 0.15) is 20.3 Å². The van der Waals surface area contributed by atoms with Gasteiger partial charge in [-0.2, -0.15) is 0 Å². The van der Waals surface area contributed by atoms with Crippen LogP contribution >= 0.6 is 0 Å². The first kappa shape index (κ1) is 16.4. The van der Waals surface area contributed by atoms with E-state index < -0.39 is 11.4 Å². The molecule has 1 aliphatic heterocycles. The molecule has 1 heterocycles. The smallest absolute Gasteiger partial charge is 0.319 e. The van der Waals surface area contributed by atoms with Crippen molar-refractivity contribution in [2.45, 2.75) is 20.3 Å². The van der Waals surface area contributed by atoms with Gasteiger partial charge < -0.3 is 14.7 Å². The zero-order valence-electron chi connectivity index (χ0n) is 12.2. The van der Waals surface area contributed by atoms with Gasteiger partial charge in [0, 0.05) is 32.6 Å². The van der Waals surface area contributed by atoms with Gasteiger partial charge in [-0.25, -0.2) is 0 Å². The summed E-state index contributed by atoms with van der Waals surface area (Å²) < 4.78 is 4.59. The Balaban J connectivity index is 2.43. The predicted molar refractivity (Wildman–Crippen MR) is 71.1 cm³/mol. The number of ether oxygens (including phenoxy) is 1. The molecule has 0 radical (unpaired) electrons. The van der Waals surface area contributed by atoms with Gasteiger partial charge in [0.25, 0.3) is 0 Å². The second-order valence-electron chi connectivity index (χ2n) is 5.60. The summed E-state index contributed by atoms with van der Waals surface area (Å²) in [5, 5.41) is 9.03. The lowest BCUT2D eigenvalue weighted by molar-refractivity contribution is -0.152. The van der Waals surface area contributed by atoms with Gasteiger partial charge in [-0.1, -0.05) is 0 Å². The van der Waals surface area contributed by atoms with E-state index in [2.05, 4.69) is 4.74 Å². The molecule has 1 saturated heterocycles. The number of nitrogens with zero attached hydrogens (tertiary/aromatic N) is 2. The molecule has 7 heteroatoms. The number of rotatable bonds is 5. The van der Waals surface area contributed by atoms with Crippen molar-refractivity contribution in [2.75, 3.05) is 39.8 Å². The van der Waals surface area contributed by atoms with E-state index in [9.17, 15) is 14.4 Å². The molecule has 0 aliphatic carbocycles. The van der Waals surface area contributed by atoms with Crippen LogP contribution in [0.4, 0.5) is 0 Å². The van der Waals surface area contributed by atoms with Crippen LogP contribution in [0.25, 0.3) is 0 Å². The minimum Gasteiger partial charge on any atom is -0.481 e. The third kappa shape index (κ3) is 4.48. The molecule has 0 unspecified atom stereocenters. The lowest BCUT2D eigenvalue weighted by atomic mass is 9.89. The molecule has 0 aromatic heterocycles. The van der Waals surface area contributed by atoms with E-state index in [-0.39, 0.29) is 24.8 Å². The van der Waals surface area contributed by atoms with Crippen LogP contribution in [0, 0.1) is 5.41 Å². The molecule has 1 N–H and O–H groups in total. The van der Waals surface area contributed by atoms with Crippen LogP contribution in [0.5, 0.6) is 0 Å². The molecule has 0 aromatic carbocycles. The summed E-state index contributed by atoms with van der Waals surface area (Å²) in [6.45, 7) is 5.50. The number of piperazine rings is 1. The number of carboxylic acids is 1. The summed E-state index contributed by atoms with van der Waals surface area (Å²) in [5.74, 6) is -1.43. The van der Waals surface area contributed by atoms with Crippen molar-refractivity contribution in [3.8, 4) is 0 Å². The van der Waals surface area contributed by atoms with Crippen molar-refractivity contribution in [3.63, 3.8) is 0 Å². The normalized spacial score (nSPS) is 16.9. The largest absolute Gasteiger partial charge is 0.481 e. The molecular weight excluding hydrogens is 264 g/mol. The number of hydrogen-bond donors (Lipinski definition) is 1. The molecule has 1 fully saturated rings. The van der Waals surface area contributed by atoms with Gasteiger partial charge in [0.1, 0.15) is 0 Å². The Hall–Kier alpha value is -1.63. The molecule has 1 amide bonds. The third-order valence-corrected chi connectivity index (χ3v) is 3.48. The number of esters is 1. The SMILES string of the molecule is COC(=O)CN1CCN(C(=O)CC(C)(C)C(=O)O)CC1. The van der Waals surface area contributed by atoms with Crippen LogP contribution < -0.4 is 0 Å². The highest BCUT2D eigenvalue weighted by Gasteiger charge is 2.33. The summed E-state index contributed by atoms with van der Waals surface area (Å²) in [4.78, 5) is 37.8. The van der Waals surface area contributed by atoms with Gasteiger partial charge in [0.05, 0.1) is 19.1 Å². The lowest BCUT2D eigenvalue weighted by Gasteiger charge is -2.35. The first-order valence-electron chi connectivity index (χ1n) is 6.56. The molecule has 0 saturated carbocycles. The van der Waals surface area contributed by atoms with Crippen molar-refractivity contribution in [2.24, 2.45) is 5.41 Å². The number of amides is 1. The zero-order valence-corrected chi connectivity index (χ0v) is 12.2. The standard InChI is InChI=1S/C13H22N2O5/c1-13(2,12(18)19)8-10(16)15-6-4-14(5-7-15)9-11(17)20-3/h4-9H2,1-3H3,(H,18,19). The Labute approximate surface area is 118 Å². The number of methoxy groups -OCH3 is 1. The monoisotopic (exact) mass is 286 g/mol. The van der Waals surface area contributed by atoms with Gasteiger partial charge in [0.15, 0.2) is 0 Å². The minimum atomic E-state index is -1.06. The maximum absolute atomic E-state index is 12.1. The van der Waals surface area contributed by atoms with Gasteiger partial charge >= 0.3 is 11.9 Å². The van der Waals surface area contributed by atoms with Crippen LogP contribution in [0.2, 0.25) is 0 Å². The van der Waals surface area contributed by atoms with E-state index in [1.165, 1.54) is 7.11 Å². The molecule has 20 heavy (non-hydrogen) atoms. The van der Waals surface area contributed by atoms with Gasteiger partial charge in [-0.05, 0) is 13.8 Å². The fourth-order valence-electron chi connectivity index (χ4n) is 1.97. The van der Waals surface area contributed by atoms with Gasteiger partial charge in [-0.15, -0.1) is 0 Å². The van der Waals surface area contributed by atoms with E-state index in [1.807, 2.05) is 4.90 Å². The second-order valence-corrected chi connectivity index (χ2v) is 5.60. The van der Waals surface area contributed by atoms with Crippen molar-refractivity contribution in [3.05, 3.63) is 0 Å². The number of aliphatic carboxylic acids is 1. The summed E-state index contributed by atoms with van der Waals surface area (Å²) in [5.41, 5.74) is -1.06. The highest BCUT2D eigenvalue weighted by atomic mass is 16.5. The Morgan fingerprint density at radius 1 is 1.15 bits per heavy atom. The van der Waals surface area contributed by atoms with Crippen LogP contribution in [-0.4, -0.2) is 72.6 Å². The molecule has 1 rings (SSSR count). The maximum atomic E-state index is 12.1. The topological polar surface area (TPSA) is 87.2 Å². The highest BCUT2D eigenvalue weighted by Crippen LogP contribution is 2.22. The van der Waals surface area contributed by atoms with E-state index >= 15 is 0 Å². The van der Waals surface area contributed by atoms with Crippen LogP contribution in [0.15, 0.2) is 0 Å². The Morgan fingerprint density at radius 2 is 1.70 bits per heavy atom. The molecule has 114 valence electrons. The summed E-state index contributed by atoms with van der Waals surface area (Å²) in [6, 6.07) is 0. The molecule has 0 aromatic rings. The molecular formula is C13H22N2O5. The maximum Gasteiger partial charge on any atom is 0.319 e. The number of carbonyl (C=O) groups excluding carboxylic acids is 2. The van der Waals surface area contributed by atoms with Crippen molar-refractivity contribution in [1.82, 2.24) is 9.80 Å². The Bertz CT molecular complexity index is 386.